The molecular weight excluding hydrogens is 468 g/mol. The highest BCUT2D eigenvalue weighted by atomic mass is 32.2. The third kappa shape index (κ3) is 5.52. The van der Waals surface area contributed by atoms with Crippen LogP contribution in [0, 0.1) is 0 Å². The molecular formula is C26H28N2O6S. The van der Waals surface area contributed by atoms with E-state index < -0.39 is 12.0 Å². The van der Waals surface area contributed by atoms with E-state index in [1.165, 1.54) is 18.9 Å². The molecule has 0 unspecified atom stereocenters. The molecule has 1 amide bonds. The first-order chi connectivity index (χ1) is 17.0. The van der Waals surface area contributed by atoms with Gasteiger partial charge in [0, 0.05) is 19.3 Å². The molecule has 0 saturated carbocycles. The molecule has 184 valence electrons. The van der Waals surface area contributed by atoms with Gasteiger partial charge in [-0.2, -0.15) is 0 Å². The lowest BCUT2D eigenvalue weighted by Gasteiger charge is -2.39. The van der Waals surface area contributed by atoms with Crippen molar-refractivity contribution in [1.82, 2.24) is 4.90 Å². The normalized spacial score (nSPS) is 17.6. The summed E-state index contributed by atoms with van der Waals surface area (Å²) in [5.74, 6) is 1.10. The Kier molecular flexibility index (Phi) is 8.09. The van der Waals surface area contributed by atoms with Crippen molar-refractivity contribution in [3.8, 4) is 11.5 Å². The molecule has 2 aliphatic heterocycles. The van der Waals surface area contributed by atoms with Crippen LogP contribution < -0.4 is 9.47 Å². The van der Waals surface area contributed by atoms with Crippen LogP contribution in [-0.2, 0) is 25.7 Å². The summed E-state index contributed by atoms with van der Waals surface area (Å²) in [6.07, 6.45) is 0.362. The molecule has 2 aromatic carbocycles. The van der Waals surface area contributed by atoms with Gasteiger partial charge in [0.2, 0.25) is 5.91 Å². The highest BCUT2D eigenvalue weighted by molar-refractivity contribution is 8.14. The van der Waals surface area contributed by atoms with Gasteiger partial charge in [-0.25, -0.2) is 9.79 Å². The molecule has 0 radical (unpaired) electrons. The number of hydrogen-bond donors (Lipinski definition) is 0. The molecule has 8 nitrogen and oxygen atoms in total. The second kappa shape index (κ2) is 11.4. The average molecular weight is 497 g/mol. The summed E-state index contributed by atoms with van der Waals surface area (Å²) in [7, 11) is 3.10. The number of rotatable bonds is 9. The number of thioether (sulfide) groups is 1. The number of amides is 1. The summed E-state index contributed by atoms with van der Waals surface area (Å²) in [6.45, 7) is 2.53. The quantitative estimate of drug-likeness (QED) is 0.381. The Morgan fingerprint density at radius 2 is 1.91 bits per heavy atom. The van der Waals surface area contributed by atoms with Crippen LogP contribution in [0.25, 0.3) is 0 Å². The van der Waals surface area contributed by atoms with E-state index in [1.54, 1.807) is 31.1 Å². The number of amidine groups is 1. The highest BCUT2D eigenvalue weighted by Gasteiger charge is 2.42. The Morgan fingerprint density at radius 1 is 1.11 bits per heavy atom. The zero-order valence-electron chi connectivity index (χ0n) is 20.0. The number of methoxy groups -OCH3 is 2. The maximum atomic E-state index is 13.1. The van der Waals surface area contributed by atoms with E-state index >= 15 is 0 Å². The van der Waals surface area contributed by atoms with Crippen LogP contribution in [0.2, 0.25) is 0 Å². The van der Waals surface area contributed by atoms with Crippen molar-refractivity contribution in [2.45, 2.75) is 26.0 Å². The van der Waals surface area contributed by atoms with Crippen LogP contribution in [0.15, 0.2) is 64.8 Å². The average Bonchev–Trinajstić information content (AvgIpc) is 2.87. The number of hydrogen-bond acceptors (Lipinski definition) is 8. The first-order valence-corrected chi connectivity index (χ1v) is 12.3. The zero-order chi connectivity index (χ0) is 24.8. The van der Waals surface area contributed by atoms with Crippen molar-refractivity contribution in [1.29, 1.82) is 0 Å². The van der Waals surface area contributed by atoms with Gasteiger partial charge in [-0.1, -0.05) is 48.2 Å². The van der Waals surface area contributed by atoms with Crippen LogP contribution in [0.1, 0.15) is 30.5 Å². The minimum absolute atomic E-state index is 0.0921. The maximum absolute atomic E-state index is 13.1. The number of carbonyl (C=O) groups is 2. The molecule has 35 heavy (non-hydrogen) atoms. The standard InChI is InChI=1S/C26H28N2O6S/c1-17-23(25(30)33-13-12-31-2)24(28-22(29)11-14-35-26(28)27-17)19-9-10-20(21(15-19)32-3)34-16-18-7-5-4-6-8-18/h4-10,15,24H,11-14,16H2,1-3H3/t24-/m1/s1. The monoisotopic (exact) mass is 496 g/mol. The number of allylic oxidation sites excluding steroid dienone is 1. The maximum Gasteiger partial charge on any atom is 0.338 e. The molecule has 0 aromatic heterocycles. The summed E-state index contributed by atoms with van der Waals surface area (Å²) < 4.78 is 22.0. The molecule has 1 atom stereocenters. The van der Waals surface area contributed by atoms with Crippen molar-refractivity contribution in [3.05, 3.63) is 70.9 Å². The van der Waals surface area contributed by atoms with Crippen LogP contribution in [0.4, 0.5) is 0 Å². The number of aliphatic imine (C=N–C) groups is 1. The molecule has 2 aliphatic rings. The SMILES string of the molecule is COCCOC(=O)C1=C(C)N=C2SCCC(=O)N2[C@@H]1c1ccc(OCc2ccccc2)c(OC)c1. The molecule has 1 fully saturated rings. The lowest BCUT2D eigenvalue weighted by Crippen LogP contribution is -2.45. The van der Waals surface area contributed by atoms with Crippen molar-refractivity contribution in [2.75, 3.05) is 33.2 Å². The van der Waals surface area contributed by atoms with Crippen LogP contribution in [-0.4, -0.2) is 55.1 Å². The van der Waals surface area contributed by atoms with Crippen molar-refractivity contribution in [3.63, 3.8) is 0 Å². The van der Waals surface area contributed by atoms with Gasteiger partial charge in [0.25, 0.3) is 0 Å². The predicted octanol–water partition coefficient (Wildman–Crippen LogP) is 4.11. The molecule has 0 spiro atoms. The minimum Gasteiger partial charge on any atom is -0.493 e. The van der Waals surface area contributed by atoms with Gasteiger partial charge in [-0.15, -0.1) is 0 Å². The van der Waals surface area contributed by atoms with E-state index in [9.17, 15) is 9.59 Å². The first-order valence-electron chi connectivity index (χ1n) is 11.3. The summed E-state index contributed by atoms with van der Waals surface area (Å²) in [6, 6.07) is 14.6. The van der Waals surface area contributed by atoms with Gasteiger partial charge in [0.1, 0.15) is 13.2 Å². The van der Waals surface area contributed by atoms with Gasteiger partial charge in [-0.3, -0.25) is 9.69 Å². The second-order valence-electron chi connectivity index (χ2n) is 7.97. The Labute approximate surface area is 208 Å². The third-order valence-electron chi connectivity index (χ3n) is 5.69. The number of fused-ring (bicyclic) bond motifs is 1. The van der Waals surface area contributed by atoms with E-state index in [2.05, 4.69) is 4.99 Å². The van der Waals surface area contributed by atoms with E-state index in [1.807, 2.05) is 36.4 Å². The van der Waals surface area contributed by atoms with Gasteiger partial charge in [-0.05, 0) is 30.2 Å². The Hall–Kier alpha value is -3.30. The molecule has 2 aromatic rings. The molecule has 9 heteroatoms. The van der Waals surface area contributed by atoms with Gasteiger partial charge in [0.05, 0.1) is 31.0 Å². The summed E-state index contributed by atoms with van der Waals surface area (Å²) in [5.41, 5.74) is 2.58. The minimum atomic E-state index is -0.685. The van der Waals surface area contributed by atoms with Gasteiger partial charge >= 0.3 is 5.97 Å². The topological polar surface area (TPSA) is 86.7 Å². The number of ether oxygens (including phenoxy) is 4. The summed E-state index contributed by atoms with van der Waals surface area (Å²) >= 11 is 1.50. The van der Waals surface area contributed by atoms with E-state index in [4.69, 9.17) is 18.9 Å². The Balaban J connectivity index is 1.68. The second-order valence-corrected chi connectivity index (χ2v) is 9.03. The van der Waals surface area contributed by atoms with E-state index in [-0.39, 0.29) is 19.1 Å². The van der Waals surface area contributed by atoms with Crippen molar-refractivity contribution < 1.29 is 28.5 Å². The number of benzene rings is 2. The molecule has 4 rings (SSSR count). The Morgan fingerprint density at radius 3 is 2.66 bits per heavy atom. The fourth-order valence-electron chi connectivity index (χ4n) is 3.98. The van der Waals surface area contributed by atoms with Crippen LogP contribution in [0.3, 0.4) is 0 Å². The van der Waals surface area contributed by atoms with Gasteiger partial charge < -0.3 is 18.9 Å². The largest absolute Gasteiger partial charge is 0.493 e. The number of nitrogens with zero attached hydrogens (tertiary/aromatic N) is 2. The lowest BCUT2D eigenvalue weighted by atomic mass is 9.94. The molecule has 0 bridgehead atoms. The van der Waals surface area contributed by atoms with Crippen molar-refractivity contribution >= 4 is 28.8 Å². The van der Waals surface area contributed by atoms with E-state index in [0.29, 0.717) is 52.3 Å². The highest BCUT2D eigenvalue weighted by Crippen LogP contribution is 2.42. The molecule has 1 saturated heterocycles. The smallest absolute Gasteiger partial charge is 0.338 e. The molecule has 0 aliphatic carbocycles. The Bertz CT molecular complexity index is 1150. The molecule has 2 heterocycles. The van der Waals surface area contributed by atoms with Crippen LogP contribution in [0.5, 0.6) is 11.5 Å². The third-order valence-corrected chi connectivity index (χ3v) is 6.64. The number of esters is 1. The van der Waals surface area contributed by atoms with E-state index in [0.717, 1.165) is 5.56 Å². The van der Waals surface area contributed by atoms with Crippen LogP contribution >= 0.6 is 11.8 Å². The predicted molar refractivity (Wildman–Crippen MR) is 133 cm³/mol. The summed E-state index contributed by atoms with van der Waals surface area (Å²) in [4.78, 5) is 32.3. The lowest BCUT2D eigenvalue weighted by molar-refractivity contribution is -0.141. The fourth-order valence-corrected chi connectivity index (χ4v) is 4.98. The van der Waals surface area contributed by atoms with Gasteiger partial charge in [0.15, 0.2) is 16.7 Å². The fraction of sp³-hybridized carbons (Fsp3) is 0.346. The summed E-state index contributed by atoms with van der Waals surface area (Å²) in [5, 5.41) is 0.584. The number of carbonyl (C=O) groups excluding carboxylic acids is 2. The molecule has 0 N–H and O–H groups in total. The van der Waals surface area contributed by atoms with Crippen molar-refractivity contribution in [2.24, 2.45) is 4.99 Å². The first kappa shape index (κ1) is 24.8. The zero-order valence-corrected chi connectivity index (χ0v) is 20.8.